The van der Waals surface area contributed by atoms with Crippen molar-refractivity contribution < 1.29 is 22.7 Å². The first kappa shape index (κ1) is 20.2. The smallest absolute Gasteiger partial charge is 0.391 e. The van der Waals surface area contributed by atoms with Crippen molar-refractivity contribution in [1.82, 2.24) is 19.8 Å². The van der Waals surface area contributed by atoms with Crippen molar-refractivity contribution in [3.63, 3.8) is 0 Å². The fraction of sp³-hybridized carbons (Fsp3) is 0.450. The molecule has 3 heterocycles. The summed E-state index contributed by atoms with van der Waals surface area (Å²) in [7, 11) is 0. The van der Waals surface area contributed by atoms with Gasteiger partial charge in [-0.15, -0.1) is 0 Å². The number of aromatic nitrogens is 2. The van der Waals surface area contributed by atoms with E-state index in [1.165, 1.54) is 11.1 Å². The number of hydrogen-bond donors (Lipinski definition) is 1. The van der Waals surface area contributed by atoms with Gasteiger partial charge in [0.25, 0.3) is 0 Å². The van der Waals surface area contributed by atoms with E-state index in [-0.39, 0.29) is 32.0 Å². The first-order chi connectivity index (χ1) is 14.3. The fourth-order valence-corrected chi connectivity index (χ4v) is 3.80. The molecule has 1 saturated heterocycles. The van der Waals surface area contributed by atoms with Gasteiger partial charge in [-0.1, -0.05) is 0 Å². The number of hydrogen-bond acceptors (Lipinski definition) is 5. The Labute approximate surface area is 171 Å². The normalized spacial score (nSPS) is 17.8. The third kappa shape index (κ3) is 4.27. The van der Waals surface area contributed by atoms with Crippen LogP contribution in [0.1, 0.15) is 18.4 Å². The summed E-state index contributed by atoms with van der Waals surface area (Å²) in [6, 6.07) is 5.31. The molecule has 0 aliphatic carbocycles. The fourth-order valence-electron chi connectivity index (χ4n) is 3.80. The average molecular weight is 421 g/mol. The molecule has 1 aromatic carbocycles. The number of likely N-dealkylation sites (tertiary alicyclic amines) is 1. The van der Waals surface area contributed by atoms with E-state index in [9.17, 15) is 18.0 Å². The van der Waals surface area contributed by atoms with Crippen molar-refractivity contribution in [1.29, 1.82) is 0 Å². The van der Waals surface area contributed by atoms with Gasteiger partial charge in [0.1, 0.15) is 18.2 Å². The Bertz CT molecular complexity index is 912. The number of rotatable bonds is 1. The quantitative estimate of drug-likeness (QED) is 0.764. The Morgan fingerprint density at radius 2 is 1.87 bits per heavy atom. The second-order valence-corrected chi connectivity index (χ2v) is 7.50. The number of carbonyl (C=O) groups is 1. The van der Waals surface area contributed by atoms with E-state index in [1.54, 1.807) is 11.1 Å². The SMILES string of the molecule is Nc1cnc(-c2ccc3c(c2)CN(C(=O)N2CCC(C(F)(F)F)CC2)CCO3)cn1. The maximum atomic E-state index is 12.9. The molecule has 0 unspecified atom stereocenters. The zero-order valence-corrected chi connectivity index (χ0v) is 16.2. The highest BCUT2D eigenvalue weighted by molar-refractivity contribution is 5.75. The van der Waals surface area contributed by atoms with Crippen LogP contribution in [0.5, 0.6) is 5.75 Å². The highest BCUT2D eigenvalue weighted by Gasteiger charge is 2.42. The molecule has 2 aliphatic rings. The molecule has 30 heavy (non-hydrogen) atoms. The minimum absolute atomic E-state index is 0.0594. The van der Waals surface area contributed by atoms with Crippen molar-refractivity contribution in [3.8, 4) is 17.0 Å². The van der Waals surface area contributed by atoms with Crippen LogP contribution in [0.2, 0.25) is 0 Å². The predicted octanol–water partition coefficient (Wildman–Crippen LogP) is 3.31. The van der Waals surface area contributed by atoms with Crippen LogP contribution >= 0.6 is 0 Å². The summed E-state index contributed by atoms with van der Waals surface area (Å²) in [4.78, 5) is 24.4. The van der Waals surface area contributed by atoms with E-state index in [4.69, 9.17) is 10.5 Å². The van der Waals surface area contributed by atoms with Crippen molar-refractivity contribution in [2.45, 2.75) is 25.6 Å². The highest BCUT2D eigenvalue weighted by Crippen LogP contribution is 2.35. The van der Waals surface area contributed by atoms with Crippen molar-refractivity contribution in [2.75, 3.05) is 32.0 Å². The molecule has 7 nitrogen and oxygen atoms in total. The van der Waals surface area contributed by atoms with Crippen LogP contribution < -0.4 is 10.5 Å². The molecule has 1 aromatic heterocycles. The standard InChI is InChI=1S/C20H22F3N5O2/c21-20(22,23)15-3-5-27(6-4-15)19(29)28-7-8-30-17-2-1-13(9-14(17)12-28)16-10-26-18(24)11-25-16/h1-2,9-11,15H,3-8,12H2,(H2,24,26). The number of piperidine rings is 1. The molecule has 2 aliphatic heterocycles. The molecule has 10 heteroatoms. The van der Waals surface area contributed by atoms with Crippen LogP contribution in [0.4, 0.5) is 23.8 Å². The number of amides is 2. The Balaban J connectivity index is 1.48. The number of anilines is 1. The summed E-state index contributed by atoms with van der Waals surface area (Å²) in [5.74, 6) is -0.338. The maximum Gasteiger partial charge on any atom is 0.391 e. The molecule has 2 N–H and O–H groups in total. The molecular weight excluding hydrogens is 399 g/mol. The van der Waals surface area contributed by atoms with Gasteiger partial charge in [0.15, 0.2) is 0 Å². The summed E-state index contributed by atoms with van der Waals surface area (Å²) in [5.41, 5.74) is 7.85. The van der Waals surface area contributed by atoms with Crippen LogP contribution in [0.3, 0.4) is 0 Å². The highest BCUT2D eigenvalue weighted by atomic mass is 19.4. The predicted molar refractivity (Wildman–Crippen MR) is 104 cm³/mol. The number of carbonyl (C=O) groups excluding carboxylic acids is 1. The van der Waals surface area contributed by atoms with Gasteiger partial charge in [0, 0.05) is 24.2 Å². The minimum Gasteiger partial charge on any atom is -0.491 e. The van der Waals surface area contributed by atoms with Crippen molar-refractivity contribution >= 4 is 11.8 Å². The number of alkyl halides is 3. The Morgan fingerprint density at radius 1 is 1.10 bits per heavy atom. The number of nitrogens with two attached hydrogens (primary N) is 1. The van der Waals surface area contributed by atoms with Crippen LogP contribution in [-0.2, 0) is 6.54 Å². The van der Waals surface area contributed by atoms with E-state index in [2.05, 4.69) is 9.97 Å². The number of urea groups is 1. The molecule has 4 rings (SSSR count). The van der Waals surface area contributed by atoms with E-state index >= 15 is 0 Å². The topological polar surface area (TPSA) is 84.6 Å². The molecule has 0 saturated carbocycles. The molecule has 1 fully saturated rings. The Morgan fingerprint density at radius 3 is 2.53 bits per heavy atom. The lowest BCUT2D eigenvalue weighted by Gasteiger charge is -2.35. The van der Waals surface area contributed by atoms with Gasteiger partial charge in [-0.25, -0.2) is 9.78 Å². The van der Waals surface area contributed by atoms with Gasteiger partial charge >= 0.3 is 12.2 Å². The third-order valence-electron chi connectivity index (χ3n) is 5.51. The van der Waals surface area contributed by atoms with E-state index in [0.29, 0.717) is 37.0 Å². The number of ether oxygens (including phenoxy) is 1. The molecule has 0 bridgehead atoms. The van der Waals surface area contributed by atoms with Gasteiger partial charge in [-0.05, 0) is 31.0 Å². The molecule has 0 atom stereocenters. The lowest BCUT2D eigenvalue weighted by atomic mass is 9.96. The zero-order valence-electron chi connectivity index (χ0n) is 16.2. The molecular formula is C20H22F3N5O2. The van der Waals surface area contributed by atoms with Gasteiger partial charge in [-0.2, -0.15) is 13.2 Å². The average Bonchev–Trinajstić information content (AvgIpc) is 2.95. The second-order valence-electron chi connectivity index (χ2n) is 7.50. The number of nitrogen functional groups attached to an aromatic ring is 1. The van der Waals surface area contributed by atoms with Crippen LogP contribution in [0.15, 0.2) is 30.6 Å². The Kier molecular flexibility index (Phi) is 5.40. The van der Waals surface area contributed by atoms with E-state index in [0.717, 1.165) is 11.1 Å². The van der Waals surface area contributed by atoms with Crippen LogP contribution in [0, 0.1) is 5.92 Å². The number of fused-ring (bicyclic) bond motifs is 1. The minimum atomic E-state index is -4.20. The maximum absolute atomic E-state index is 12.9. The summed E-state index contributed by atoms with van der Waals surface area (Å²) >= 11 is 0. The van der Waals surface area contributed by atoms with Crippen LogP contribution in [-0.4, -0.2) is 58.2 Å². The van der Waals surface area contributed by atoms with Crippen molar-refractivity contribution in [2.24, 2.45) is 5.92 Å². The monoisotopic (exact) mass is 421 g/mol. The summed E-state index contributed by atoms with van der Waals surface area (Å²) in [6.07, 6.45) is -1.28. The summed E-state index contributed by atoms with van der Waals surface area (Å²) in [6.45, 7) is 1.20. The number of benzene rings is 1. The summed E-state index contributed by atoms with van der Waals surface area (Å²) < 4.78 is 44.5. The van der Waals surface area contributed by atoms with Gasteiger partial charge in [-0.3, -0.25) is 4.98 Å². The molecule has 0 spiro atoms. The van der Waals surface area contributed by atoms with Crippen LogP contribution in [0.25, 0.3) is 11.3 Å². The molecule has 160 valence electrons. The van der Waals surface area contributed by atoms with Crippen molar-refractivity contribution in [3.05, 3.63) is 36.2 Å². The van der Waals surface area contributed by atoms with E-state index < -0.39 is 12.1 Å². The zero-order chi connectivity index (χ0) is 21.3. The Hall–Kier alpha value is -3.04. The lowest BCUT2D eigenvalue weighted by molar-refractivity contribution is -0.183. The van der Waals surface area contributed by atoms with Gasteiger partial charge in [0.05, 0.1) is 37.1 Å². The first-order valence-electron chi connectivity index (χ1n) is 9.75. The largest absolute Gasteiger partial charge is 0.491 e. The molecule has 2 amide bonds. The van der Waals surface area contributed by atoms with Gasteiger partial charge in [0.2, 0.25) is 0 Å². The third-order valence-corrected chi connectivity index (χ3v) is 5.51. The summed E-state index contributed by atoms with van der Waals surface area (Å²) in [5, 5.41) is 0. The second kappa shape index (κ2) is 8.00. The molecule has 0 radical (unpaired) electrons. The molecule has 2 aromatic rings. The van der Waals surface area contributed by atoms with Gasteiger partial charge < -0.3 is 20.3 Å². The number of halogens is 3. The lowest BCUT2D eigenvalue weighted by Crippen LogP contribution is -2.48. The first-order valence-corrected chi connectivity index (χ1v) is 9.75. The van der Waals surface area contributed by atoms with E-state index in [1.807, 2.05) is 18.2 Å². The number of nitrogens with zero attached hydrogens (tertiary/aromatic N) is 4.